The third-order valence-electron chi connectivity index (χ3n) is 6.66. The molecule has 0 aliphatic carbocycles. The van der Waals surface area contributed by atoms with E-state index in [0.29, 0.717) is 28.7 Å². The summed E-state index contributed by atoms with van der Waals surface area (Å²) in [4.78, 5) is 20.7. The summed E-state index contributed by atoms with van der Waals surface area (Å²) in [5.74, 6) is 6.57. The van der Waals surface area contributed by atoms with Crippen LogP contribution in [0, 0.1) is 11.8 Å². The summed E-state index contributed by atoms with van der Waals surface area (Å²) < 4.78 is 8.38. The first-order valence-electron chi connectivity index (χ1n) is 11.2. The molecule has 2 saturated heterocycles. The standard InChI is InChI=1S/C25H27N3O3S/c1-3-19(29)8-11-22-14-23-24(32-22)25(30)28(15-26-23)16-6-9-20(10-7-16)31-21-12-17-4-5-18(13-21)27(17)2/h6-7,9-10,14-15,17-19,21,29H,3-5,12-13H2,1-2H3/t17-,18+,19?,21?. The highest BCUT2D eigenvalue weighted by Gasteiger charge is 2.39. The fourth-order valence-electron chi connectivity index (χ4n) is 4.75. The Labute approximate surface area is 191 Å². The van der Waals surface area contributed by atoms with Gasteiger partial charge in [-0.3, -0.25) is 9.36 Å². The van der Waals surface area contributed by atoms with Gasteiger partial charge < -0.3 is 14.7 Å². The fraction of sp³-hybridized carbons (Fsp3) is 0.440. The van der Waals surface area contributed by atoms with Crippen molar-refractivity contribution in [2.45, 2.75) is 63.3 Å². The van der Waals surface area contributed by atoms with E-state index in [1.807, 2.05) is 31.2 Å². The van der Waals surface area contributed by atoms with Crippen LogP contribution in [0.25, 0.3) is 15.9 Å². The fourth-order valence-corrected chi connectivity index (χ4v) is 5.65. The van der Waals surface area contributed by atoms with Gasteiger partial charge in [0.1, 0.15) is 29.0 Å². The minimum atomic E-state index is -0.657. The molecule has 166 valence electrons. The molecular weight excluding hydrogens is 422 g/mol. The molecule has 0 amide bonds. The first-order valence-corrected chi connectivity index (χ1v) is 12.0. The smallest absolute Gasteiger partial charge is 0.275 e. The highest BCUT2D eigenvalue weighted by molar-refractivity contribution is 7.19. The van der Waals surface area contributed by atoms with Gasteiger partial charge in [0.15, 0.2) is 0 Å². The lowest BCUT2D eigenvalue weighted by Crippen LogP contribution is -2.43. The van der Waals surface area contributed by atoms with E-state index in [9.17, 15) is 9.90 Å². The van der Waals surface area contributed by atoms with E-state index < -0.39 is 6.10 Å². The molecule has 3 aromatic rings. The number of rotatable bonds is 4. The maximum Gasteiger partial charge on any atom is 0.275 e. The summed E-state index contributed by atoms with van der Waals surface area (Å²) in [6.45, 7) is 1.87. The predicted molar refractivity (Wildman–Crippen MR) is 127 cm³/mol. The predicted octanol–water partition coefficient (Wildman–Crippen LogP) is 3.57. The first-order chi connectivity index (χ1) is 15.5. The second kappa shape index (κ2) is 8.70. The van der Waals surface area contributed by atoms with E-state index in [-0.39, 0.29) is 11.7 Å². The van der Waals surface area contributed by atoms with Crippen molar-refractivity contribution in [2.24, 2.45) is 0 Å². The topological polar surface area (TPSA) is 67.6 Å². The van der Waals surface area contributed by atoms with Gasteiger partial charge in [0.25, 0.3) is 5.56 Å². The summed E-state index contributed by atoms with van der Waals surface area (Å²) in [5, 5.41) is 9.65. The van der Waals surface area contributed by atoms with Gasteiger partial charge in [-0.15, -0.1) is 11.3 Å². The molecule has 7 heteroatoms. The Morgan fingerprint density at radius 1 is 1.25 bits per heavy atom. The van der Waals surface area contributed by atoms with Crippen LogP contribution in [0.4, 0.5) is 0 Å². The number of hydrogen-bond donors (Lipinski definition) is 1. The number of ether oxygens (including phenoxy) is 1. The van der Waals surface area contributed by atoms with Crippen molar-refractivity contribution < 1.29 is 9.84 Å². The first kappa shape index (κ1) is 21.2. The summed E-state index contributed by atoms with van der Waals surface area (Å²) in [5.41, 5.74) is 1.26. The van der Waals surface area contributed by atoms with Crippen LogP contribution in [-0.4, -0.2) is 50.9 Å². The molecule has 0 saturated carbocycles. The molecule has 2 unspecified atom stereocenters. The van der Waals surface area contributed by atoms with Crippen LogP contribution in [0.2, 0.25) is 0 Å². The number of aromatic nitrogens is 2. The molecule has 0 spiro atoms. The second-order valence-corrected chi connectivity index (χ2v) is 9.75. The molecule has 2 aromatic heterocycles. The zero-order chi connectivity index (χ0) is 22.2. The van der Waals surface area contributed by atoms with Crippen LogP contribution in [0.1, 0.15) is 43.9 Å². The maximum absolute atomic E-state index is 13.0. The molecule has 1 aromatic carbocycles. The van der Waals surface area contributed by atoms with Crippen molar-refractivity contribution in [2.75, 3.05) is 7.05 Å². The Hall–Kier alpha value is -2.66. The Kier molecular flexibility index (Phi) is 5.76. The summed E-state index contributed by atoms with van der Waals surface area (Å²) in [6, 6.07) is 10.7. The van der Waals surface area contributed by atoms with Crippen LogP contribution < -0.4 is 10.3 Å². The average Bonchev–Trinajstić information content (AvgIpc) is 3.30. The molecule has 4 heterocycles. The number of piperidine rings is 1. The van der Waals surface area contributed by atoms with E-state index in [1.54, 1.807) is 17.0 Å². The lowest BCUT2D eigenvalue weighted by molar-refractivity contribution is 0.0662. The highest BCUT2D eigenvalue weighted by atomic mass is 32.1. The molecule has 4 atom stereocenters. The maximum atomic E-state index is 13.0. The molecule has 5 rings (SSSR count). The van der Waals surface area contributed by atoms with Gasteiger partial charge in [0.2, 0.25) is 0 Å². The van der Waals surface area contributed by atoms with Crippen molar-refractivity contribution in [1.82, 2.24) is 14.5 Å². The second-order valence-electron chi connectivity index (χ2n) is 8.69. The zero-order valence-electron chi connectivity index (χ0n) is 18.3. The summed E-state index contributed by atoms with van der Waals surface area (Å²) >= 11 is 1.31. The van der Waals surface area contributed by atoms with Gasteiger partial charge >= 0.3 is 0 Å². The quantitative estimate of drug-likeness (QED) is 0.617. The van der Waals surface area contributed by atoms with Crippen LogP contribution in [0.15, 0.2) is 41.5 Å². The highest BCUT2D eigenvalue weighted by Crippen LogP contribution is 2.36. The molecule has 0 radical (unpaired) electrons. The monoisotopic (exact) mass is 449 g/mol. The van der Waals surface area contributed by atoms with Crippen molar-refractivity contribution in [1.29, 1.82) is 0 Å². The Morgan fingerprint density at radius 3 is 2.66 bits per heavy atom. The Bertz CT molecular complexity index is 1220. The number of benzene rings is 1. The van der Waals surface area contributed by atoms with Gasteiger partial charge in [0.05, 0.1) is 16.1 Å². The van der Waals surface area contributed by atoms with Crippen molar-refractivity contribution in [3.63, 3.8) is 0 Å². The number of hydrogen-bond acceptors (Lipinski definition) is 6. The Balaban J connectivity index is 1.34. The van der Waals surface area contributed by atoms with E-state index in [4.69, 9.17) is 4.74 Å². The lowest BCUT2D eigenvalue weighted by Gasteiger charge is -2.36. The zero-order valence-corrected chi connectivity index (χ0v) is 19.1. The molecule has 1 N–H and O–H groups in total. The van der Waals surface area contributed by atoms with Crippen molar-refractivity contribution in [3.8, 4) is 23.3 Å². The minimum Gasteiger partial charge on any atom is -0.490 e. The molecule has 6 nitrogen and oxygen atoms in total. The number of nitrogens with zero attached hydrogens (tertiary/aromatic N) is 3. The third kappa shape index (κ3) is 4.06. The van der Waals surface area contributed by atoms with Crippen molar-refractivity contribution >= 4 is 21.6 Å². The number of aliphatic hydroxyl groups is 1. The van der Waals surface area contributed by atoms with Gasteiger partial charge in [-0.1, -0.05) is 18.8 Å². The van der Waals surface area contributed by atoms with Crippen LogP contribution in [0.5, 0.6) is 5.75 Å². The van der Waals surface area contributed by atoms with Crippen molar-refractivity contribution in [3.05, 3.63) is 51.9 Å². The minimum absolute atomic E-state index is 0.121. The van der Waals surface area contributed by atoms with Crippen LogP contribution in [-0.2, 0) is 0 Å². The number of fused-ring (bicyclic) bond motifs is 3. The average molecular weight is 450 g/mol. The number of thiophene rings is 1. The van der Waals surface area contributed by atoms with Crippen LogP contribution in [0.3, 0.4) is 0 Å². The largest absolute Gasteiger partial charge is 0.490 e. The molecule has 32 heavy (non-hydrogen) atoms. The van der Waals surface area contributed by atoms with Gasteiger partial charge in [-0.25, -0.2) is 4.98 Å². The summed E-state index contributed by atoms with van der Waals surface area (Å²) in [6.07, 6.45) is 6.42. The molecule has 2 aliphatic rings. The third-order valence-corrected chi connectivity index (χ3v) is 7.69. The molecule has 2 fully saturated rings. The molecular formula is C25H27N3O3S. The Morgan fingerprint density at radius 2 is 1.97 bits per heavy atom. The lowest BCUT2D eigenvalue weighted by atomic mass is 10.0. The van der Waals surface area contributed by atoms with E-state index in [2.05, 4.69) is 28.8 Å². The van der Waals surface area contributed by atoms with E-state index in [1.165, 1.54) is 24.2 Å². The van der Waals surface area contributed by atoms with Gasteiger partial charge in [-0.05, 0) is 69.5 Å². The normalized spacial score (nSPS) is 23.7. The van der Waals surface area contributed by atoms with E-state index >= 15 is 0 Å². The van der Waals surface area contributed by atoms with Crippen LogP contribution >= 0.6 is 11.3 Å². The SMILES string of the molecule is CCC(O)C#Cc1cc2ncn(-c3ccc(OC4C[C@H]5CC[C@@H](C4)N5C)cc3)c(=O)c2s1. The molecule has 2 bridgehead atoms. The molecule has 2 aliphatic heterocycles. The van der Waals surface area contributed by atoms with E-state index in [0.717, 1.165) is 29.2 Å². The summed E-state index contributed by atoms with van der Waals surface area (Å²) in [7, 11) is 2.23. The van der Waals surface area contributed by atoms with Gasteiger partial charge in [0, 0.05) is 12.1 Å². The number of aliphatic hydroxyl groups excluding tert-OH is 1. The van der Waals surface area contributed by atoms with Gasteiger partial charge in [-0.2, -0.15) is 0 Å².